The van der Waals surface area contributed by atoms with Gasteiger partial charge in [0, 0.05) is 30.8 Å². The molecule has 1 fully saturated rings. The van der Waals surface area contributed by atoms with Crippen LogP contribution in [-0.2, 0) is 0 Å². The van der Waals surface area contributed by atoms with Crippen molar-refractivity contribution in [2.24, 2.45) is 0 Å². The van der Waals surface area contributed by atoms with Crippen LogP contribution in [0.4, 0.5) is 11.5 Å². The van der Waals surface area contributed by atoms with Crippen molar-refractivity contribution in [2.45, 2.75) is 12.8 Å². The average molecular weight is 240 g/mol. The summed E-state index contributed by atoms with van der Waals surface area (Å²) >= 11 is 0. The van der Waals surface area contributed by atoms with Gasteiger partial charge < -0.3 is 10.6 Å². The predicted molar refractivity (Wildman–Crippen MR) is 72.1 cm³/mol. The molecule has 18 heavy (non-hydrogen) atoms. The Bertz CT molecular complexity index is 535. The van der Waals surface area contributed by atoms with Crippen molar-refractivity contribution in [1.82, 2.24) is 15.3 Å². The Kier molecular flexibility index (Phi) is 2.94. The van der Waals surface area contributed by atoms with Crippen molar-refractivity contribution >= 4 is 11.5 Å². The Labute approximate surface area is 106 Å². The average Bonchev–Trinajstić information content (AvgIpc) is 2.27. The molecule has 1 aromatic carbocycles. The molecule has 0 unspecified atom stereocenters. The van der Waals surface area contributed by atoms with Gasteiger partial charge in [-0.2, -0.15) is 0 Å². The third kappa shape index (κ3) is 2.33. The molecular weight excluding hydrogens is 224 g/mol. The summed E-state index contributed by atoms with van der Waals surface area (Å²) < 4.78 is 0. The van der Waals surface area contributed by atoms with Crippen LogP contribution < -0.4 is 10.6 Å². The van der Waals surface area contributed by atoms with E-state index in [9.17, 15) is 0 Å². The molecule has 0 saturated carbocycles. The van der Waals surface area contributed by atoms with Crippen LogP contribution in [0, 0.1) is 6.92 Å². The highest BCUT2D eigenvalue weighted by molar-refractivity contribution is 5.56. The van der Waals surface area contributed by atoms with E-state index in [2.05, 4.69) is 20.6 Å². The molecular formula is C14H16N4. The van der Waals surface area contributed by atoms with E-state index in [0.29, 0.717) is 5.92 Å². The Morgan fingerprint density at radius 3 is 2.61 bits per heavy atom. The minimum Gasteiger partial charge on any atom is -0.340 e. The van der Waals surface area contributed by atoms with Crippen LogP contribution in [-0.4, -0.2) is 23.1 Å². The van der Waals surface area contributed by atoms with Gasteiger partial charge in [-0.15, -0.1) is 0 Å². The van der Waals surface area contributed by atoms with Gasteiger partial charge in [0.2, 0.25) is 0 Å². The number of hydrogen-bond acceptors (Lipinski definition) is 4. The maximum Gasteiger partial charge on any atom is 0.134 e. The number of nitrogens with one attached hydrogen (secondary N) is 2. The van der Waals surface area contributed by atoms with Gasteiger partial charge >= 0.3 is 0 Å². The molecule has 1 aliphatic heterocycles. The molecule has 0 spiro atoms. The molecule has 0 aliphatic carbocycles. The van der Waals surface area contributed by atoms with Gasteiger partial charge in [0.25, 0.3) is 0 Å². The Morgan fingerprint density at radius 1 is 1.17 bits per heavy atom. The smallest absolute Gasteiger partial charge is 0.134 e. The van der Waals surface area contributed by atoms with Crippen molar-refractivity contribution in [2.75, 3.05) is 18.4 Å². The van der Waals surface area contributed by atoms with E-state index in [0.717, 1.165) is 36.1 Å². The summed E-state index contributed by atoms with van der Waals surface area (Å²) in [6, 6.07) is 12.1. The minimum absolute atomic E-state index is 0.531. The number of rotatable bonds is 3. The van der Waals surface area contributed by atoms with Crippen LogP contribution in [0.25, 0.3) is 0 Å². The lowest BCUT2D eigenvalue weighted by Gasteiger charge is -2.26. The van der Waals surface area contributed by atoms with Gasteiger partial charge in [0.05, 0.1) is 5.69 Å². The van der Waals surface area contributed by atoms with Crippen molar-refractivity contribution in [1.29, 1.82) is 0 Å². The lowest BCUT2D eigenvalue weighted by atomic mass is 9.99. The third-order valence-electron chi connectivity index (χ3n) is 3.10. The second-order valence-corrected chi connectivity index (χ2v) is 4.57. The quantitative estimate of drug-likeness (QED) is 0.863. The van der Waals surface area contributed by atoms with E-state index in [1.165, 1.54) is 0 Å². The number of benzene rings is 1. The summed E-state index contributed by atoms with van der Waals surface area (Å²) in [4.78, 5) is 8.93. The molecule has 2 aromatic rings. The van der Waals surface area contributed by atoms with Crippen LogP contribution >= 0.6 is 0 Å². The first-order chi connectivity index (χ1) is 8.81. The van der Waals surface area contributed by atoms with Gasteiger partial charge in [-0.1, -0.05) is 18.2 Å². The summed E-state index contributed by atoms with van der Waals surface area (Å²) in [5.74, 6) is 2.22. The Balaban J connectivity index is 1.85. The molecule has 2 heterocycles. The number of aromatic nitrogens is 2. The van der Waals surface area contributed by atoms with E-state index >= 15 is 0 Å². The Morgan fingerprint density at radius 2 is 1.94 bits per heavy atom. The maximum atomic E-state index is 4.51. The molecule has 1 saturated heterocycles. The fourth-order valence-corrected chi connectivity index (χ4v) is 2.03. The molecule has 4 nitrogen and oxygen atoms in total. The number of anilines is 2. The second-order valence-electron chi connectivity index (χ2n) is 4.57. The number of aryl methyl sites for hydroxylation is 1. The largest absolute Gasteiger partial charge is 0.340 e. The minimum atomic E-state index is 0.531. The van der Waals surface area contributed by atoms with E-state index in [1.807, 2.05) is 43.3 Å². The molecule has 0 amide bonds. The van der Waals surface area contributed by atoms with Crippen molar-refractivity contribution in [3.05, 3.63) is 47.9 Å². The summed E-state index contributed by atoms with van der Waals surface area (Å²) in [7, 11) is 0. The number of nitrogens with zero attached hydrogens (tertiary/aromatic N) is 2. The molecule has 1 aromatic heterocycles. The fraction of sp³-hybridized carbons (Fsp3) is 0.286. The van der Waals surface area contributed by atoms with Crippen LogP contribution in [0.1, 0.15) is 17.4 Å². The zero-order valence-electron chi connectivity index (χ0n) is 10.4. The van der Waals surface area contributed by atoms with Crippen molar-refractivity contribution in [3.63, 3.8) is 0 Å². The van der Waals surface area contributed by atoms with E-state index in [4.69, 9.17) is 0 Å². The molecule has 0 radical (unpaired) electrons. The first-order valence-electron chi connectivity index (χ1n) is 6.19. The van der Waals surface area contributed by atoms with Crippen LogP contribution in [0.15, 0.2) is 36.4 Å². The van der Waals surface area contributed by atoms with Gasteiger partial charge in [0.1, 0.15) is 11.6 Å². The molecule has 1 aliphatic rings. The van der Waals surface area contributed by atoms with Crippen molar-refractivity contribution < 1.29 is 0 Å². The van der Waals surface area contributed by atoms with E-state index in [-0.39, 0.29) is 0 Å². The highest BCUT2D eigenvalue weighted by Gasteiger charge is 2.21. The highest BCUT2D eigenvalue weighted by Crippen LogP contribution is 2.21. The number of para-hydroxylation sites is 1. The SMILES string of the molecule is Cc1nc(Nc2ccccc2)cc(C2CNC2)n1. The van der Waals surface area contributed by atoms with E-state index < -0.39 is 0 Å². The van der Waals surface area contributed by atoms with Gasteiger partial charge in [-0.3, -0.25) is 0 Å². The lowest BCUT2D eigenvalue weighted by molar-refractivity contribution is 0.438. The van der Waals surface area contributed by atoms with Crippen LogP contribution in [0.3, 0.4) is 0 Å². The first kappa shape index (κ1) is 11.2. The molecule has 2 N–H and O–H groups in total. The highest BCUT2D eigenvalue weighted by atomic mass is 15.0. The fourth-order valence-electron chi connectivity index (χ4n) is 2.03. The maximum absolute atomic E-state index is 4.51. The molecule has 4 heteroatoms. The number of hydrogen-bond donors (Lipinski definition) is 2. The third-order valence-corrected chi connectivity index (χ3v) is 3.10. The first-order valence-corrected chi connectivity index (χ1v) is 6.19. The van der Waals surface area contributed by atoms with Crippen LogP contribution in [0.2, 0.25) is 0 Å². The summed E-state index contributed by atoms with van der Waals surface area (Å²) in [6.07, 6.45) is 0. The summed E-state index contributed by atoms with van der Waals surface area (Å²) in [5, 5.41) is 6.58. The predicted octanol–water partition coefficient (Wildman–Crippen LogP) is 2.22. The van der Waals surface area contributed by atoms with Crippen LogP contribution in [0.5, 0.6) is 0 Å². The normalized spacial score (nSPS) is 15.2. The van der Waals surface area contributed by atoms with Gasteiger partial charge in [-0.05, 0) is 19.1 Å². The summed E-state index contributed by atoms with van der Waals surface area (Å²) in [6.45, 7) is 3.97. The lowest BCUT2D eigenvalue weighted by Crippen LogP contribution is -2.40. The Hall–Kier alpha value is -1.94. The van der Waals surface area contributed by atoms with E-state index in [1.54, 1.807) is 0 Å². The molecule has 0 bridgehead atoms. The molecule has 92 valence electrons. The summed E-state index contributed by atoms with van der Waals surface area (Å²) in [5.41, 5.74) is 2.17. The zero-order chi connectivity index (χ0) is 12.4. The second kappa shape index (κ2) is 4.74. The monoisotopic (exact) mass is 240 g/mol. The standard InChI is InChI=1S/C14H16N4/c1-10-16-13(11-8-15-9-11)7-14(17-10)18-12-5-3-2-4-6-12/h2-7,11,15H,8-9H2,1H3,(H,16,17,18). The molecule has 3 rings (SSSR count). The zero-order valence-corrected chi connectivity index (χ0v) is 10.4. The molecule has 0 atom stereocenters. The topological polar surface area (TPSA) is 49.8 Å². The van der Waals surface area contributed by atoms with Gasteiger partial charge in [-0.25, -0.2) is 9.97 Å². The van der Waals surface area contributed by atoms with Crippen molar-refractivity contribution in [3.8, 4) is 0 Å². The van der Waals surface area contributed by atoms with Gasteiger partial charge in [0.15, 0.2) is 0 Å².